The number of fused-ring (bicyclic) bond motifs is 1. The van der Waals surface area contributed by atoms with E-state index < -0.39 is 6.10 Å². The van der Waals surface area contributed by atoms with E-state index >= 15 is 0 Å². The third-order valence-electron chi connectivity index (χ3n) is 3.08. The molecule has 0 saturated carbocycles. The molecular formula is C16H20N2O2. The molecular weight excluding hydrogens is 252 g/mol. The number of pyridine rings is 1. The van der Waals surface area contributed by atoms with E-state index in [0.717, 1.165) is 23.7 Å². The number of carbonyl (C=O) groups excluding carboxylic acids is 1. The van der Waals surface area contributed by atoms with Gasteiger partial charge in [-0.3, -0.25) is 9.78 Å². The van der Waals surface area contributed by atoms with Crippen molar-refractivity contribution in [2.45, 2.75) is 32.8 Å². The number of aromatic nitrogens is 1. The van der Waals surface area contributed by atoms with Gasteiger partial charge in [-0.1, -0.05) is 31.5 Å². The lowest BCUT2D eigenvalue weighted by Crippen LogP contribution is -2.36. The summed E-state index contributed by atoms with van der Waals surface area (Å²) in [6.45, 7) is 4.53. The van der Waals surface area contributed by atoms with Crippen molar-refractivity contribution < 1.29 is 9.53 Å². The summed E-state index contributed by atoms with van der Waals surface area (Å²) >= 11 is 0. The van der Waals surface area contributed by atoms with E-state index in [9.17, 15) is 4.79 Å². The highest BCUT2D eigenvalue weighted by Crippen LogP contribution is 2.18. The van der Waals surface area contributed by atoms with Crippen LogP contribution < -0.4 is 10.1 Å². The molecule has 1 atom stereocenters. The smallest absolute Gasteiger partial charge is 0.260 e. The summed E-state index contributed by atoms with van der Waals surface area (Å²) in [5.74, 6) is 0.522. The summed E-state index contributed by atoms with van der Waals surface area (Å²) in [6, 6.07) is 9.72. The minimum atomic E-state index is -0.519. The highest BCUT2D eigenvalue weighted by atomic mass is 16.5. The van der Waals surface area contributed by atoms with Crippen LogP contribution in [0.3, 0.4) is 0 Å². The Kier molecular flexibility index (Phi) is 4.93. The van der Waals surface area contributed by atoms with Crippen LogP contribution in [0.4, 0.5) is 0 Å². The van der Waals surface area contributed by atoms with E-state index in [-0.39, 0.29) is 5.91 Å². The van der Waals surface area contributed by atoms with Gasteiger partial charge in [-0.25, -0.2) is 0 Å². The van der Waals surface area contributed by atoms with Gasteiger partial charge in [-0.15, -0.1) is 0 Å². The molecule has 1 aromatic carbocycles. The van der Waals surface area contributed by atoms with Gasteiger partial charge in [0.25, 0.3) is 5.91 Å². The number of rotatable bonds is 6. The second-order valence-corrected chi connectivity index (χ2v) is 4.77. The van der Waals surface area contributed by atoms with Gasteiger partial charge in [-0.2, -0.15) is 0 Å². The Hall–Kier alpha value is -2.10. The van der Waals surface area contributed by atoms with Gasteiger partial charge in [0.05, 0.1) is 11.7 Å². The van der Waals surface area contributed by atoms with Crippen molar-refractivity contribution in [2.75, 3.05) is 6.54 Å². The zero-order valence-corrected chi connectivity index (χ0v) is 11.9. The lowest BCUT2D eigenvalue weighted by molar-refractivity contribution is -0.127. The first-order valence-corrected chi connectivity index (χ1v) is 7.00. The standard InChI is InChI=1S/C16H20N2O2/c1-3-4-9-17-16(19)12(2)20-14-10-13-7-5-6-8-15(13)18-11-14/h5-8,10-12H,3-4,9H2,1-2H3,(H,17,19). The molecule has 0 aliphatic rings. The molecule has 0 bridgehead atoms. The van der Waals surface area contributed by atoms with Crippen LogP contribution in [-0.4, -0.2) is 23.5 Å². The minimum absolute atomic E-state index is 0.0911. The summed E-state index contributed by atoms with van der Waals surface area (Å²) in [5, 5.41) is 3.86. The molecule has 0 aliphatic carbocycles. The molecule has 1 amide bonds. The van der Waals surface area contributed by atoms with E-state index in [1.807, 2.05) is 30.3 Å². The van der Waals surface area contributed by atoms with E-state index in [0.29, 0.717) is 12.3 Å². The second-order valence-electron chi connectivity index (χ2n) is 4.77. The number of nitrogens with zero attached hydrogens (tertiary/aromatic N) is 1. The van der Waals surface area contributed by atoms with Crippen LogP contribution in [-0.2, 0) is 4.79 Å². The SMILES string of the molecule is CCCCNC(=O)C(C)Oc1cnc2ccccc2c1. The molecule has 1 unspecified atom stereocenters. The van der Waals surface area contributed by atoms with Gasteiger partial charge in [0.1, 0.15) is 5.75 Å². The average Bonchev–Trinajstić information content (AvgIpc) is 2.47. The molecule has 0 saturated heterocycles. The van der Waals surface area contributed by atoms with Gasteiger partial charge in [-0.05, 0) is 25.5 Å². The van der Waals surface area contributed by atoms with Crippen LogP contribution in [0.1, 0.15) is 26.7 Å². The second kappa shape index (κ2) is 6.89. The van der Waals surface area contributed by atoms with E-state index in [1.54, 1.807) is 13.1 Å². The number of hydrogen-bond donors (Lipinski definition) is 1. The Morgan fingerprint density at radius 3 is 3.00 bits per heavy atom. The number of carbonyl (C=O) groups is 1. The van der Waals surface area contributed by atoms with Crippen LogP contribution in [0.15, 0.2) is 36.5 Å². The third-order valence-corrected chi connectivity index (χ3v) is 3.08. The fourth-order valence-corrected chi connectivity index (χ4v) is 1.91. The van der Waals surface area contributed by atoms with Gasteiger partial charge < -0.3 is 10.1 Å². The maximum Gasteiger partial charge on any atom is 0.260 e. The first-order chi connectivity index (χ1) is 9.70. The molecule has 1 N–H and O–H groups in total. The van der Waals surface area contributed by atoms with Gasteiger partial charge in [0.2, 0.25) is 0 Å². The van der Waals surface area contributed by atoms with Crippen LogP contribution in [0.25, 0.3) is 10.9 Å². The molecule has 2 aromatic rings. The van der Waals surface area contributed by atoms with Gasteiger partial charge >= 0.3 is 0 Å². The summed E-state index contributed by atoms with van der Waals surface area (Å²) in [6.07, 6.45) is 3.17. The molecule has 4 heteroatoms. The summed E-state index contributed by atoms with van der Waals surface area (Å²) in [4.78, 5) is 16.1. The zero-order chi connectivity index (χ0) is 14.4. The molecule has 1 aromatic heterocycles. The summed E-state index contributed by atoms with van der Waals surface area (Å²) in [7, 11) is 0. The van der Waals surface area contributed by atoms with Crippen molar-refractivity contribution in [3.05, 3.63) is 36.5 Å². The molecule has 1 heterocycles. The fraction of sp³-hybridized carbons (Fsp3) is 0.375. The molecule has 0 fully saturated rings. The fourth-order valence-electron chi connectivity index (χ4n) is 1.91. The summed E-state index contributed by atoms with van der Waals surface area (Å²) < 4.78 is 5.64. The van der Waals surface area contributed by atoms with Crippen molar-refractivity contribution in [1.29, 1.82) is 0 Å². The molecule has 20 heavy (non-hydrogen) atoms. The van der Waals surface area contributed by atoms with Crippen molar-refractivity contribution in [3.8, 4) is 5.75 Å². The van der Waals surface area contributed by atoms with E-state index in [4.69, 9.17) is 4.74 Å². The Labute approximate surface area is 119 Å². The van der Waals surface area contributed by atoms with E-state index in [1.165, 1.54) is 0 Å². The Morgan fingerprint density at radius 2 is 2.20 bits per heavy atom. The molecule has 4 nitrogen and oxygen atoms in total. The first-order valence-electron chi connectivity index (χ1n) is 7.00. The predicted octanol–water partition coefficient (Wildman–Crippen LogP) is 2.92. The first kappa shape index (κ1) is 14.3. The third kappa shape index (κ3) is 3.70. The van der Waals surface area contributed by atoms with Crippen molar-refractivity contribution in [1.82, 2.24) is 10.3 Å². The number of benzene rings is 1. The largest absolute Gasteiger partial charge is 0.479 e. The Morgan fingerprint density at radius 1 is 1.40 bits per heavy atom. The van der Waals surface area contributed by atoms with Crippen LogP contribution in [0.5, 0.6) is 5.75 Å². The molecule has 0 aliphatic heterocycles. The van der Waals surface area contributed by atoms with Crippen molar-refractivity contribution in [3.63, 3.8) is 0 Å². The number of ether oxygens (including phenoxy) is 1. The Balaban J connectivity index is 1.98. The highest BCUT2D eigenvalue weighted by molar-refractivity contribution is 5.81. The maximum atomic E-state index is 11.8. The van der Waals surface area contributed by atoms with Crippen LogP contribution in [0.2, 0.25) is 0 Å². The maximum absolute atomic E-state index is 11.8. The predicted molar refractivity (Wildman–Crippen MR) is 79.8 cm³/mol. The molecule has 2 rings (SSSR count). The van der Waals surface area contributed by atoms with Gasteiger partial charge in [0, 0.05) is 11.9 Å². The molecule has 0 spiro atoms. The minimum Gasteiger partial charge on any atom is -0.479 e. The lowest BCUT2D eigenvalue weighted by Gasteiger charge is -2.14. The zero-order valence-electron chi connectivity index (χ0n) is 11.9. The number of nitrogens with one attached hydrogen (secondary N) is 1. The number of hydrogen-bond acceptors (Lipinski definition) is 3. The van der Waals surface area contributed by atoms with Crippen molar-refractivity contribution in [2.24, 2.45) is 0 Å². The van der Waals surface area contributed by atoms with Gasteiger partial charge in [0.15, 0.2) is 6.10 Å². The van der Waals surface area contributed by atoms with E-state index in [2.05, 4.69) is 17.2 Å². The topological polar surface area (TPSA) is 51.2 Å². The number of unbranched alkanes of at least 4 members (excludes halogenated alkanes) is 1. The number of amides is 1. The monoisotopic (exact) mass is 272 g/mol. The Bertz CT molecular complexity index is 583. The highest BCUT2D eigenvalue weighted by Gasteiger charge is 2.14. The lowest BCUT2D eigenvalue weighted by atomic mass is 10.2. The van der Waals surface area contributed by atoms with Crippen LogP contribution in [0, 0.1) is 0 Å². The average molecular weight is 272 g/mol. The molecule has 106 valence electrons. The van der Waals surface area contributed by atoms with Crippen LogP contribution >= 0.6 is 0 Å². The molecule has 0 radical (unpaired) electrons. The number of para-hydroxylation sites is 1. The quantitative estimate of drug-likeness (QED) is 0.823. The summed E-state index contributed by atoms with van der Waals surface area (Å²) in [5.41, 5.74) is 0.917. The normalized spacial score (nSPS) is 12.1. The van der Waals surface area contributed by atoms with Crippen molar-refractivity contribution >= 4 is 16.8 Å².